The van der Waals surface area contributed by atoms with Gasteiger partial charge in [-0.15, -0.1) is 12.4 Å². The maximum atomic E-state index is 12.5. The van der Waals surface area contributed by atoms with E-state index >= 15 is 0 Å². The Labute approximate surface area is 161 Å². The van der Waals surface area contributed by atoms with E-state index in [0.29, 0.717) is 24.0 Å². The van der Waals surface area contributed by atoms with Crippen LogP contribution >= 0.6 is 12.4 Å². The number of halogens is 1. The number of carbonyl (C=O) groups excluding carboxylic acids is 1. The minimum atomic E-state index is -0.143. The summed E-state index contributed by atoms with van der Waals surface area (Å²) in [6.07, 6.45) is 6.55. The van der Waals surface area contributed by atoms with Crippen LogP contribution in [0.1, 0.15) is 53.6 Å². The fourth-order valence-corrected chi connectivity index (χ4v) is 3.27. The van der Waals surface area contributed by atoms with Gasteiger partial charge in [0.05, 0.1) is 12.7 Å². The molecule has 3 N–H and O–H groups in total. The Morgan fingerprint density at radius 1 is 1.15 bits per heavy atom. The molecule has 0 unspecified atom stereocenters. The Bertz CT molecular complexity index is 743. The van der Waals surface area contributed by atoms with E-state index in [-0.39, 0.29) is 18.3 Å². The van der Waals surface area contributed by atoms with E-state index in [9.17, 15) is 4.79 Å². The average Bonchev–Trinajstić information content (AvgIpc) is 2.63. The minimum Gasteiger partial charge on any atom is -0.399 e. The van der Waals surface area contributed by atoms with Gasteiger partial charge in [-0.3, -0.25) is 4.79 Å². The highest BCUT2D eigenvalue weighted by atomic mass is 35.5. The zero-order chi connectivity index (χ0) is 17.6. The zero-order valence-electron chi connectivity index (χ0n) is 15.2. The summed E-state index contributed by atoms with van der Waals surface area (Å²) in [4.78, 5) is 12.5. The molecule has 5 heteroatoms. The molecule has 3 rings (SSSR count). The molecule has 0 spiro atoms. The van der Waals surface area contributed by atoms with E-state index in [4.69, 9.17) is 10.5 Å². The maximum absolute atomic E-state index is 12.5. The van der Waals surface area contributed by atoms with Crippen molar-refractivity contribution in [3.05, 3.63) is 59.2 Å². The molecular weight excluding hydrogens is 348 g/mol. The predicted octanol–water partition coefficient (Wildman–Crippen LogP) is 5.10. The summed E-state index contributed by atoms with van der Waals surface area (Å²) in [6.45, 7) is 2.49. The molecule has 0 heterocycles. The number of hydrogen-bond acceptors (Lipinski definition) is 3. The topological polar surface area (TPSA) is 64.4 Å². The van der Waals surface area contributed by atoms with Gasteiger partial charge in [0, 0.05) is 16.9 Å². The van der Waals surface area contributed by atoms with Crippen LogP contribution in [0.25, 0.3) is 0 Å². The van der Waals surface area contributed by atoms with Crippen LogP contribution in [0.4, 0.5) is 11.4 Å². The third-order valence-electron chi connectivity index (χ3n) is 4.73. The smallest absolute Gasteiger partial charge is 0.256 e. The highest BCUT2D eigenvalue weighted by Gasteiger charge is 2.14. The van der Waals surface area contributed by atoms with Crippen LogP contribution in [-0.2, 0) is 11.3 Å². The van der Waals surface area contributed by atoms with E-state index in [0.717, 1.165) is 29.7 Å². The molecular formula is C21H27ClN2O2. The molecule has 2 aromatic carbocycles. The Morgan fingerprint density at radius 2 is 1.92 bits per heavy atom. The van der Waals surface area contributed by atoms with Gasteiger partial charge in [-0.25, -0.2) is 0 Å². The molecule has 0 radical (unpaired) electrons. The second-order valence-corrected chi connectivity index (χ2v) is 6.80. The summed E-state index contributed by atoms with van der Waals surface area (Å²) >= 11 is 0. The van der Waals surface area contributed by atoms with E-state index < -0.39 is 0 Å². The van der Waals surface area contributed by atoms with Gasteiger partial charge < -0.3 is 15.8 Å². The lowest BCUT2D eigenvalue weighted by Gasteiger charge is -2.22. The predicted molar refractivity (Wildman–Crippen MR) is 109 cm³/mol. The highest BCUT2D eigenvalue weighted by Crippen LogP contribution is 2.22. The molecule has 2 aromatic rings. The summed E-state index contributed by atoms with van der Waals surface area (Å²) in [5, 5.41) is 2.95. The number of anilines is 2. The number of hydrogen-bond donors (Lipinski definition) is 2. The first-order chi connectivity index (χ1) is 12.1. The van der Waals surface area contributed by atoms with Crippen molar-refractivity contribution in [2.45, 2.75) is 51.7 Å². The van der Waals surface area contributed by atoms with Gasteiger partial charge in [-0.2, -0.15) is 0 Å². The van der Waals surface area contributed by atoms with E-state index in [1.165, 1.54) is 19.3 Å². The monoisotopic (exact) mass is 374 g/mol. The zero-order valence-corrected chi connectivity index (χ0v) is 16.0. The fraction of sp³-hybridized carbons (Fsp3) is 0.381. The van der Waals surface area contributed by atoms with Gasteiger partial charge in [0.25, 0.3) is 5.91 Å². The molecule has 1 aliphatic rings. The second-order valence-electron chi connectivity index (χ2n) is 6.80. The molecule has 4 nitrogen and oxygen atoms in total. The minimum absolute atomic E-state index is 0. The molecule has 1 saturated carbocycles. The van der Waals surface area contributed by atoms with E-state index in [1.807, 2.05) is 37.3 Å². The SMILES string of the molecule is Cc1ccc(N)cc1C(=O)Nc1cccc(COC2CCCCC2)c1.Cl. The normalized spacial score (nSPS) is 14.5. The van der Waals surface area contributed by atoms with Crippen molar-refractivity contribution in [1.82, 2.24) is 0 Å². The molecule has 0 aliphatic heterocycles. The number of rotatable bonds is 5. The number of aryl methyl sites for hydroxylation is 1. The van der Waals surface area contributed by atoms with Crippen molar-refractivity contribution < 1.29 is 9.53 Å². The standard InChI is InChI=1S/C21H26N2O2.ClH/c1-15-10-11-17(22)13-20(15)21(24)23-18-7-5-6-16(12-18)14-25-19-8-3-2-4-9-19;/h5-7,10-13,19H,2-4,8-9,14,22H2,1H3,(H,23,24);1H. The number of nitrogen functional groups attached to an aromatic ring is 1. The highest BCUT2D eigenvalue weighted by molar-refractivity contribution is 6.05. The van der Waals surface area contributed by atoms with Gasteiger partial charge in [-0.1, -0.05) is 37.5 Å². The molecule has 1 amide bonds. The molecule has 1 aliphatic carbocycles. The summed E-state index contributed by atoms with van der Waals surface area (Å²) in [5.41, 5.74) is 9.74. The molecule has 0 saturated heterocycles. The van der Waals surface area contributed by atoms with Crippen LogP contribution in [0.3, 0.4) is 0 Å². The number of nitrogens with one attached hydrogen (secondary N) is 1. The Morgan fingerprint density at radius 3 is 2.69 bits per heavy atom. The Balaban J connectivity index is 0.00000243. The first-order valence-electron chi connectivity index (χ1n) is 9.00. The number of carbonyl (C=O) groups is 1. The quantitative estimate of drug-likeness (QED) is 0.715. The van der Waals surface area contributed by atoms with Crippen molar-refractivity contribution in [3.8, 4) is 0 Å². The molecule has 0 bridgehead atoms. The first-order valence-corrected chi connectivity index (χ1v) is 9.00. The van der Waals surface area contributed by atoms with Gasteiger partial charge >= 0.3 is 0 Å². The van der Waals surface area contributed by atoms with Crippen LogP contribution in [0.5, 0.6) is 0 Å². The molecule has 26 heavy (non-hydrogen) atoms. The Kier molecular flexibility index (Phi) is 7.49. The lowest BCUT2D eigenvalue weighted by atomic mass is 9.98. The van der Waals surface area contributed by atoms with E-state index in [2.05, 4.69) is 5.32 Å². The van der Waals surface area contributed by atoms with Gasteiger partial charge in [0.15, 0.2) is 0 Å². The third kappa shape index (κ3) is 5.48. The van der Waals surface area contributed by atoms with Crippen molar-refractivity contribution in [2.75, 3.05) is 11.1 Å². The average molecular weight is 375 g/mol. The van der Waals surface area contributed by atoms with Crippen molar-refractivity contribution >= 4 is 29.7 Å². The van der Waals surface area contributed by atoms with Gasteiger partial charge in [0.1, 0.15) is 0 Å². The van der Waals surface area contributed by atoms with Crippen molar-refractivity contribution in [2.24, 2.45) is 0 Å². The summed E-state index contributed by atoms with van der Waals surface area (Å²) < 4.78 is 6.02. The van der Waals surface area contributed by atoms with Crippen LogP contribution in [0.15, 0.2) is 42.5 Å². The van der Waals surface area contributed by atoms with E-state index in [1.54, 1.807) is 12.1 Å². The number of benzene rings is 2. The summed E-state index contributed by atoms with van der Waals surface area (Å²) in [7, 11) is 0. The van der Waals surface area contributed by atoms with Crippen LogP contribution in [0.2, 0.25) is 0 Å². The molecule has 0 aromatic heterocycles. The van der Waals surface area contributed by atoms with Crippen LogP contribution in [-0.4, -0.2) is 12.0 Å². The van der Waals surface area contributed by atoms with Gasteiger partial charge in [0.2, 0.25) is 0 Å². The fourth-order valence-electron chi connectivity index (χ4n) is 3.27. The lowest BCUT2D eigenvalue weighted by Crippen LogP contribution is -2.16. The first kappa shape index (κ1) is 20.3. The third-order valence-corrected chi connectivity index (χ3v) is 4.73. The number of amides is 1. The van der Waals surface area contributed by atoms with Crippen LogP contribution < -0.4 is 11.1 Å². The van der Waals surface area contributed by atoms with Crippen molar-refractivity contribution in [1.29, 1.82) is 0 Å². The molecule has 1 fully saturated rings. The van der Waals surface area contributed by atoms with Gasteiger partial charge in [-0.05, 0) is 55.2 Å². The largest absolute Gasteiger partial charge is 0.399 e. The molecule has 140 valence electrons. The number of ether oxygens (including phenoxy) is 1. The summed E-state index contributed by atoms with van der Waals surface area (Å²) in [6, 6.07) is 13.2. The van der Waals surface area contributed by atoms with Crippen LogP contribution in [0, 0.1) is 6.92 Å². The molecule has 0 atom stereocenters. The summed E-state index contributed by atoms with van der Waals surface area (Å²) in [5.74, 6) is -0.143. The lowest BCUT2D eigenvalue weighted by molar-refractivity contribution is 0.0169. The second kappa shape index (κ2) is 9.60. The van der Waals surface area contributed by atoms with Crippen molar-refractivity contribution in [3.63, 3.8) is 0 Å². The maximum Gasteiger partial charge on any atom is 0.256 e. The number of nitrogens with two attached hydrogens (primary N) is 1. The Hall–Kier alpha value is -2.04.